The molecule has 3 aromatic heterocycles. The predicted molar refractivity (Wildman–Crippen MR) is 203 cm³/mol. The molecule has 0 aliphatic carbocycles. The maximum Gasteiger partial charge on any atom is 0.192 e. The fourth-order valence-corrected chi connectivity index (χ4v) is 7.33. The van der Waals surface area contributed by atoms with Crippen molar-refractivity contribution in [2.45, 2.75) is 103 Å². The molecule has 0 spiro atoms. The summed E-state index contributed by atoms with van der Waals surface area (Å²) in [4.78, 5) is 12.6. The standard InChI is InChI=1S/C38H54N6O2SSi/c1-11-14-34(42-47(45)37(2,3)4)33-17-13-16-32(41-33)28-23-30(27-19-21-43(8)22-20-27)31-25-39-44(35(31)24-28)36-18-12-15-29(40-36)26-46-48(9,10)38(5,6)7/h12-13,15-19,23-25,34,42H,11,14,20-22,26H2,1-10H3/t34-,47?/m0/s1. The van der Waals surface area contributed by atoms with E-state index in [0.717, 1.165) is 71.7 Å². The molecule has 4 aromatic rings. The molecule has 0 amide bonds. The first-order valence-corrected chi connectivity index (χ1v) is 21.3. The van der Waals surface area contributed by atoms with E-state index in [1.165, 1.54) is 11.1 Å². The van der Waals surface area contributed by atoms with Crippen molar-refractivity contribution in [1.29, 1.82) is 0 Å². The Morgan fingerprint density at radius 3 is 2.46 bits per heavy atom. The van der Waals surface area contributed by atoms with Crippen molar-refractivity contribution < 1.29 is 8.98 Å². The summed E-state index contributed by atoms with van der Waals surface area (Å²) in [6, 6.07) is 16.6. The molecule has 1 aliphatic heterocycles. The van der Waals surface area contributed by atoms with Gasteiger partial charge in [0.2, 0.25) is 0 Å². The number of likely N-dealkylation sites (N-methyl/N-ethyl adjacent to an activating group) is 1. The van der Waals surface area contributed by atoms with Crippen LogP contribution in [-0.2, 0) is 22.4 Å². The zero-order chi connectivity index (χ0) is 34.9. The Balaban J connectivity index is 1.58. The summed E-state index contributed by atoms with van der Waals surface area (Å²) in [5.74, 6) is 0.764. The molecule has 0 saturated heterocycles. The smallest absolute Gasteiger partial charge is 0.192 e. The van der Waals surface area contributed by atoms with E-state index in [1.807, 2.05) is 55.9 Å². The molecular formula is C38H54N6O2SSi. The molecule has 2 atom stereocenters. The number of hydrogen-bond acceptors (Lipinski definition) is 7. The summed E-state index contributed by atoms with van der Waals surface area (Å²) < 4.78 is 24.6. The number of nitrogens with zero attached hydrogens (tertiary/aromatic N) is 5. The highest BCUT2D eigenvalue weighted by atomic mass is 32.2. The van der Waals surface area contributed by atoms with Gasteiger partial charge in [-0.25, -0.2) is 9.67 Å². The minimum atomic E-state index is -1.93. The van der Waals surface area contributed by atoms with Crippen molar-refractivity contribution in [3.63, 3.8) is 0 Å². The van der Waals surface area contributed by atoms with E-state index in [4.69, 9.17) is 19.5 Å². The summed E-state index contributed by atoms with van der Waals surface area (Å²) in [6.45, 7) is 21.8. The fraction of sp³-hybridized carbons (Fsp3) is 0.500. The Bertz CT molecular complexity index is 1760. The molecule has 258 valence electrons. The van der Waals surface area contributed by atoms with Crippen LogP contribution < -0.4 is 4.72 Å². The van der Waals surface area contributed by atoms with Crippen LogP contribution in [0.4, 0.5) is 0 Å². The van der Waals surface area contributed by atoms with Crippen LogP contribution in [0.15, 0.2) is 60.8 Å². The summed E-state index contributed by atoms with van der Waals surface area (Å²) in [7, 11) is 0.231. The lowest BCUT2D eigenvalue weighted by Gasteiger charge is -2.36. The molecule has 10 heteroatoms. The highest BCUT2D eigenvalue weighted by Crippen LogP contribution is 2.38. The first kappa shape index (κ1) is 36.4. The van der Waals surface area contributed by atoms with Crippen LogP contribution in [0.1, 0.15) is 90.7 Å². The third-order valence-electron chi connectivity index (χ3n) is 9.65. The third kappa shape index (κ3) is 8.29. The minimum Gasteiger partial charge on any atom is -0.598 e. The first-order valence-electron chi connectivity index (χ1n) is 17.2. The molecule has 0 radical (unpaired) electrons. The Morgan fingerprint density at radius 1 is 1.04 bits per heavy atom. The predicted octanol–water partition coefficient (Wildman–Crippen LogP) is 8.62. The van der Waals surface area contributed by atoms with E-state index in [2.05, 4.69) is 87.8 Å². The SMILES string of the molecule is CCC[C@H](N[S+]([O-])C(C)(C)C)c1cccc(-c2cc(C3=CCN(C)CC3)c3cnn(-c4cccc(CO[Si](C)(C)C(C)(C)C)n4)c3c2)n1. The second kappa shape index (κ2) is 14.5. The van der Waals surface area contributed by atoms with E-state index < -0.39 is 19.7 Å². The second-order valence-corrected chi connectivity index (χ2v) is 22.4. The van der Waals surface area contributed by atoms with Gasteiger partial charge in [-0.2, -0.15) is 5.10 Å². The van der Waals surface area contributed by atoms with E-state index >= 15 is 0 Å². The average molecular weight is 687 g/mol. The van der Waals surface area contributed by atoms with Crippen LogP contribution >= 0.6 is 0 Å². The molecule has 0 saturated carbocycles. The zero-order valence-electron chi connectivity index (χ0n) is 30.6. The van der Waals surface area contributed by atoms with Gasteiger partial charge in [0.25, 0.3) is 0 Å². The number of benzene rings is 1. The normalized spacial score (nSPS) is 16.3. The van der Waals surface area contributed by atoms with Crippen LogP contribution in [0.3, 0.4) is 0 Å². The molecule has 1 aliphatic rings. The van der Waals surface area contributed by atoms with Crippen molar-refractivity contribution in [3.8, 4) is 17.1 Å². The van der Waals surface area contributed by atoms with Crippen molar-refractivity contribution in [3.05, 3.63) is 77.8 Å². The van der Waals surface area contributed by atoms with Gasteiger partial charge in [-0.3, -0.25) is 4.98 Å². The lowest BCUT2D eigenvalue weighted by Crippen LogP contribution is -2.41. The number of nitrogens with one attached hydrogen (secondary N) is 1. The maximum absolute atomic E-state index is 13.1. The van der Waals surface area contributed by atoms with Gasteiger partial charge >= 0.3 is 0 Å². The van der Waals surface area contributed by atoms with Gasteiger partial charge in [-0.15, -0.1) is 4.72 Å². The Morgan fingerprint density at radius 2 is 1.79 bits per heavy atom. The zero-order valence-corrected chi connectivity index (χ0v) is 32.4. The van der Waals surface area contributed by atoms with Gasteiger partial charge in [0.1, 0.15) is 4.75 Å². The number of fused-ring (bicyclic) bond motifs is 1. The van der Waals surface area contributed by atoms with Crippen molar-refractivity contribution in [2.24, 2.45) is 0 Å². The molecular weight excluding hydrogens is 633 g/mol. The van der Waals surface area contributed by atoms with Gasteiger partial charge in [-0.05, 0) is 106 Å². The lowest BCUT2D eigenvalue weighted by atomic mass is 9.93. The number of rotatable bonds is 11. The molecule has 0 bridgehead atoms. The van der Waals surface area contributed by atoms with E-state index in [1.54, 1.807) is 0 Å². The Kier molecular flexibility index (Phi) is 11.0. The Hall–Kier alpha value is -2.86. The van der Waals surface area contributed by atoms with Crippen LogP contribution in [0, 0.1) is 0 Å². The summed E-state index contributed by atoms with van der Waals surface area (Å²) in [5.41, 5.74) is 7.19. The molecule has 48 heavy (non-hydrogen) atoms. The second-order valence-electron chi connectivity index (χ2n) is 15.6. The molecule has 5 rings (SSSR count). The monoisotopic (exact) mass is 686 g/mol. The van der Waals surface area contributed by atoms with Crippen LogP contribution in [-0.4, -0.2) is 62.4 Å². The number of aromatic nitrogens is 4. The van der Waals surface area contributed by atoms with Gasteiger partial charge in [-0.1, -0.05) is 52.3 Å². The summed E-state index contributed by atoms with van der Waals surface area (Å²) in [6.07, 6.45) is 7.07. The molecule has 4 heterocycles. The van der Waals surface area contributed by atoms with Gasteiger partial charge in [0, 0.05) is 35.4 Å². The topological polar surface area (TPSA) is 91.2 Å². The van der Waals surface area contributed by atoms with Gasteiger partial charge in [0.15, 0.2) is 14.1 Å². The number of hydrogen-bond donors (Lipinski definition) is 1. The summed E-state index contributed by atoms with van der Waals surface area (Å²) >= 11 is -1.21. The van der Waals surface area contributed by atoms with Crippen molar-refractivity contribution >= 4 is 36.2 Å². The molecule has 0 fully saturated rings. The van der Waals surface area contributed by atoms with Crippen LogP contribution in [0.25, 0.3) is 33.6 Å². The fourth-order valence-electron chi connectivity index (χ4n) is 5.54. The largest absolute Gasteiger partial charge is 0.598 e. The number of pyridine rings is 2. The highest BCUT2D eigenvalue weighted by Gasteiger charge is 2.37. The minimum absolute atomic E-state index is 0.110. The van der Waals surface area contributed by atoms with Gasteiger partial charge < -0.3 is 13.9 Å². The van der Waals surface area contributed by atoms with E-state index in [-0.39, 0.29) is 15.8 Å². The maximum atomic E-state index is 13.1. The highest BCUT2D eigenvalue weighted by molar-refractivity contribution is 7.90. The third-order valence-corrected chi connectivity index (χ3v) is 15.7. The van der Waals surface area contributed by atoms with Gasteiger partial charge in [0.05, 0.1) is 41.4 Å². The molecule has 1 aromatic carbocycles. The first-order chi connectivity index (χ1) is 22.6. The van der Waals surface area contributed by atoms with Crippen LogP contribution in [0.5, 0.6) is 0 Å². The molecule has 8 nitrogen and oxygen atoms in total. The molecule has 1 unspecified atom stereocenters. The summed E-state index contributed by atoms with van der Waals surface area (Å²) in [5, 5.41) is 6.13. The lowest BCUT2D eigenvalue weighted by molar-refractivity contribution is 0.272. The van der Waals surface area contributed by atoms with Crippen molar-refractivity contribution in [1.82, 2.24) is 29.4 Å². The van der Waals surface area contributed by atoms with Crippen LogP contribution in [0.2, 0.25) is 18.1 Å². The quantitative estimate of drug-likeness (QED) is 0.125. The average Bonchev–Trinajstić information content (AvgIpc) is 3.47. The van der Waals surface area contributed by atoms with E-state index in [9.17, 15) is 4.55 Å². The molecule has 1 N–H and O–H groups in total. The Labute approximate surface area is 291 Å². The van der Waals surface area contributed by atoms with Crippen molar-refractivity contribution in [2.75, 3.05) is 20.1 Å². The van der Waals surface area contributed by atoms with E-state index in [0.29, 0.717) is 6.61 Å².